The van der Waals surface area contributed by atoms with Gasteiger partial charge in [-0.1, -0.05) is 36.4 Å². The maximum Gasteiger partial charge on any atom is 0.0495 e. The molecule has 0 nitrogen and oxygen atoms in total. The normalized spacial score (nSPS) is 12.2. The molecular formula is C23H13IS2. The highest BCUT2D eigenvalue weighted by molar-refractivity contribution is 14.1. The molecule has 4 aromatic carbocycles. The van der Waals surface area contributed by atoms with E-state index in [9.17, 15) is 0 Å². The topological polar surface area (TPSA) is 0 Å². The van der Waals surface area contributed by atoms with Crippen molar-refractivity contribution >= 4 is 96.4 Å². The van der Waals surface area contributed by atoms with Crippen molar-refractivity contribution in [3.8, 4) is 0 Å². The van der Waals surface area contributed by atoms with E-state index in [-0.39, 0.29) is 0 Å². The Balaban J connectivity index is 2.05. The Hall–Kier alpha value is -1.69. The number of hydrogen-bond acceptors (Lipinski definition) is 2. The molecule has 2 aromatic heterocycles. The number of fused-ring (bicyclic) bond motifs is 9. The predicted octanol–water partition coefficient (Wildman–Crippen LogP) is 8.49. The number of thiophene rings is 2. The van der Waals surface area contributed by atoms with Gasteiger partial charge in [0, 0.05) is 49.3 Å². The molecule has 2 heterocycles. The molecule has 0 bridgehead atoms. The number of halogens is 1. The molecule has 0 atom stereocenters. The zero-order valence-electron chi connectivity index (χ0n) is 14.0. The molecule has 0 aliphatic carbocycles. The van der Waals surface area contributed by atoms with E-state index >= 15 is 0 Å². The first-order chi connectivity index (χ1) is 12.7. The van der Waals surface area contributed by atoms with Crippen LogP contribution in [0.25, 0.3) is 51.1 Å². The summed E-state index contributed by atoms with van der Waals surface area (Å²) in [6.07, 6.45) is 0. The Morgan fingerprint density at radius 2 is 1.27 bits per heavy atom. The Morgan fingerprint density at radius 1 is 0.692 bits per heavy atom. The largest absolute Gasteiger partial charge is 0.135 e. The van der Waals surface area contributed by atoms with Crippen LogP contribution >= 0.6 is 45.3 Å². The van der Waals surface area contributed by atoms with E-state index in [1.54, 1.807) is 0 Å². The van der Waals surface area contributed by atoms with Crippen molar-refractivity contribution in [3.63, 3.8) is 0 Å². The van der Waals surface area contributed by atoms with Gasteiger partial charge >= 0.3 is 0 Å². The molecule has 6 aromatic rings. The highest BCUT2D eigenvalue weighted by atomic mass is 127. The van der Waals surface area contributed by atoms with Crippen molar-refractivity contribution in [1.29, 1.82) is 0 Å². The first-order valence-electron chi connectivity index (χ1n) is 8.56. The van der Waals surface area contributed by atoms with Crippen molar-refractivity contribution in [1.82, 2.24) is 0 Å². The summed E-state index contributed by atoms with van der Waals surface area (Å²) in [5, 5.41) is 8.43. The van der Waals surface area contributed by atoms with E-state index in [4.69, 9.17) is 0 Å². The van der Waals surface area contributed by atoms with Gasteiger partial charge in [0.1, 0.15) is 0 Å². The fourth-order valence-electron chi connectivity index (χ4n) is 4.13. The second-order valence-electron chi connectivity index (χ2n) is 6.75. The third-order valence-corrected chi connectivity index (χ3v) is 8.94. The highest BCUT2D eigenvalue weighted by Crippen LogP contribution is 2.47. The zero-order chi connectivity index (χ0) is 17.4. The summed E-state index contributed by atoms with van der Waals surface area (Å²) < 4.78 is 6.95. The van der Waals surface area contributed by atoms with Crippen LogP contribution in [0, 0.1) is 10.5 Å². The number of benzene rings is 4. The lowest BCUT2D eigenvalue weighted by Gasteiger charge is -2.08. The van der Waals surface area contributed by atoms with Crippen LogP contribution in [-0.4, -0.2) is 0 Å². The molecule has 0 N–H and O–H groups in total. The van der Waals surface area contributed by atoms with Gasteiger partial charge in [-0.2, -0.15) is 0 Å². The van der Waals surface area contributed by atoms with Crippen LogP contribution in [0.1, 0.15) is 5.56 Å². The molecule has 3 heteroatoms. The molecule has 0 aliphatic heterocycles. The number of rotatable bonds is 0. The van der Waals surface area contributed by atoms with Gasteiger partial charge < -0.3 is 0 Å². The molecule has 0 radical (unpaired) electrons. The lowest BCUT2D eigenvalue weighted by Crippen LogP contribution is -1.83. The molecule has 0 amide bonds. The zero-order valence-corrected chi connectivity index (χ0v) is 17.8. The van der Waals surface area contributed by atoms with Gasteiger partial charge in [-0.3, -0.25) is 0 Å². The maximum absolute atomic E-state index is 2.51. The van der Waals surface area contributed by atoms with Crippen molar-refractivity contribution in [2.75, 3.05) is 0 Å². The lowest BCUT2D eigenvalue weighted by molar-refractivity contribution is 1.59. The Bertz CT molecular complexity index is 1390. The van der Waals surface area contributed by atoms with Crippen molar-refractivity contribution in [2.45, 2.75) is 6.92 Å². The number of aryl methyl sites for hydroxylation is 1. The predicted molar refractivity (Wildman–Crippen MR) is 127 cm³/mol. The Labute approximate surface area is 172 Å². The average Bonchev–Trinajstić information content (AvgIpc) is 3.22. The van der Waals surface area contributed by atoms with E-state index in [1.165, 1.54) is 60.3 Å². The van der Waals surface area contributed by atoms with Gasteiger partial charge in [0.25, 0.3) is 0 Å². The summed E-state index contributed by atoms with van der Waals surface area (Å²) in [6, 6.07) is 22.4. The molecule has 0 aliphatic rings. The standard InChI is InChI=1S/C23H13IS2/c1-12-10-13-11-16(24)23-21(15-7-3-5-9-18(15)26-23)19(13)20-14-6-2-4-8-17(14)25-22(12)20/h2-11H,1H3. The summed E-state index contributed by atoms with van der Waals surface area (Å²) in [5.41, 5.74) is 1.38. The molecule has 26 heavy (non-hydrogen) atoms. The van der Waals surface area contributed by atoms with E-state index in [0.717, 1.165) is 0 Å². The van der Waals surface area contributed by atoms with Gasteiger partial charge in [0.05, 0.1) is 0 Å². The molecular weight excluding hydrogens is 467 g/mol. The van der Waals surface area contributed by atoms with Crippen LogP contribution in [0.5, 0.6) is 0 Å². The summed E-state index contributed by atoms with van der Waals surface area (Å²) in [7, 11) is 0. The van der Waals surface area contributed by atoms with Crippen molar-refractivity contribution < 1.29 is 0 Å². The quantitative estimate of drug-likeness (QED) is 0.191. The van der Waals surface area contributed by atoms with E-state index in [2.05, 4.69) is 90.2 Å². The van der Waals surface area contributed by atoms with Crippen LogP contribution in [0.15, 0.2) is 60.7 Å². The smallest absolute Gasteiger partial charge is 0.0495 e. The summed E-state index contributed by atoms with van der Waals surface area (Å²) >= 11 is 6.35. The third-order valence-electron chi connectivity index (χ3n) is 5.21. The minimum absolute atomic E-state index is 1.35. The van der Waals surface area contributed by atoms with E-state index < -0.39 is 0 Å². The second kappa shape index (κ2) is 5.41. The molecule has 0 saturated carbocycles. The first-order valence-corrected chi connectivity index (χ1v) is 11.3. The van der Waals surface area contributed by atoms with Gasteiger partial charge in [-0.15, -0.1) is 22.7 Å². The van der Waals surface area contributed by atoms with E-state index in [1.807, 2.05) is 22.7 Å². The SMILES string of the molecule is Cc1cc2cc(I)c3sc4ccccc4c3c2c2c1sc1ccccc12. The Morgan fingerprint density at radius 3 is 1.96 bits per heavy atom. The Kier molecular flexibility index (Phi) is 3.20. The molecule has 6 rings (SSSR count). The monoisotopic (exact) mass is 480 g/mol. The first kappa shape index (κ1) is 15.4. The minimum Gasteiger partial charge on any atom is -0.135 e. The third kappa shape index (κ3) is 1.94. The molecule has 0 fully saturated rings. The van der Waals surface area contributed by atoms with Gasteiger partial charge in [-0.25, -0.2) is 0 Å². The van der Waals surface area contributed by atoms with Crippen molar-refractivity contribution in [2.24, 2.45) is 0 Å². The van der Waals surface area contributed by atoms with Crippen LogP contribution in [0.3, 0.4) is 0 Å². The fraction of sp³-hybridized carbons (Fsp3) is 0.0435. The molecule has 0 unspecified atom stereocenters. The van der Waals surface area contributed by atoms with Crippen molar-refractivity contribution in [3.05, 3.63) is 69.8 Å². The van der Waals surface area contributed by atoms with Gasteiger partial charge in [0.15, 0.2) is 0 Å². The second-order valence-corrected chi connectivity index (χ2v) is 10.0. The van der Waals surface area contributed by atoms with Gasteiger partial charge in [-0.05, 0) is 64.7 Å². The van der Waals surface area contributed by atoms with Crippen LogP contribution in [-0.2, 0) is 0 Å². The summed E-state index contributed by atoms with van der Waals surface area (Å²) in [4.78, 5) is 0. The lowest BCUT2D eigenvalue weighted by atomic mass is 9.97. The number of hydrogen-bond donors (Lipinski definition) is 0. The molecule has 0 saturated heterocycles. The highest BCUT2D eigenvalue weighted by Gasteiger charge is 2.17. The average molecular weight is 480 g/mol. The summed E-state index contributed by atoms with van der Waals surface area (Å²) in [6.45, 7) is 2.25. The molecule has 124 valence electrons. The van der Waals surface area contributed by atoms with Crippen LogP contribution in [0.2, 0.25) is 0 Å². The van der Waals surface area contributed by atoms with E-state index in [0.29, 0.717) is 0 Å². The van der Waals surface area contributed by atoms with Gasteiger partial charge in [0.2, 0.25) is 0 Å². The van der Waals surface area contributed by atoms with Crippen LogP contribution < -0.4 is 0 Å². The minimum atomic E-state index is 1.35. The van der Waals surface area contributed by atoms with Crippen LogP contribution in [0.4, 0.5) is 0 Å². The maximum atomic E-state index is 2.51. The fourth-order valence-corrected chi connectivity index (χ4v) is 7.37. The molecule has 0 spiro atoms. The summed E-state index contributed by atoms with van der Waals surface area (Å²) in [5.74, 6) is 0.